The average Bonchev–Trinajstić information content (AvgIpc) is 3.23. The van der Waals surface area contributed by atoms with E-state index < -0.39 is 18.5 Å². The summed E-state index contributed by atoms with van der Waals surface area (Å²) in [7, 11) is 3.32. The number of ether oxygens (including phenoxy) is 1. The van der Waals surface area contributed by atoms with E-state index in [2.05, 4.69) is 10.4 Å². The van der Waals surface area contributed by atoms with E-state index in [0.29, 0.717) is 23.4 Å². The molecule has 3 aromatic rings. The number of rotatable bonds is 6. The topological polar surface area (TPSA) is 93.5 Å². The zero-order chi connectivity index (χ0) is 24.2. The highest BCUT2D eigenvalue weighted by atomic mass is 19.1. The number of hydrogen-bond donors (Lipinski definition) is 1. The highest BCUT2D eigenvalue weighted by molar-refractivity contribution is 5.97. The number of halogens is 1. The van der Waals surface area contributed by atoms with Crippen LogP contribution in [0, 0.1) is 5.82 Å². The molecule has 0 saturated heterocycles. The molecule has 1 aliphatic rings. The molecule has 1 aromatic heterocycles. The molecule has 2 aromatic carbocycles. The first-order valence-electron chi connectivity index (χ1n) is 11.0. The van der Waals surface area contributed by atoms with Crippen molar-refractivity contribution in [3.05, 3.63) is 76.9 Å². The molecular weight excluding hydrogens is 439 g/mol. The molecule has 0 atom stereocenters. The van der Waals surface area contributed by atoms with Crippen LogP contribution in [0.2, 0.25) is 0 Å². The fourth-order valence-electron chi connectivity index (χ4n) is 3.91. The summed E-state index contributed by atoms with van der Waals surface area (Å²) in [6, 6.07) is 12.3. The minimum atomic E-state index is -0.680. The first-order chi connectivity index (χ1) is 16.3. The Morgan fingerprint density at radius 3 is 2.38 bits per heavy atom. The van der Waals surface area contributed by atoms with Crippen molar-refractivity contribution in [1.82, 2.24) is 14.7 Å². The Balaban J connectivity index is 1.42. The third-order valence-electron chi connectivity index (χ3n) is 5.60. The van der Waals surface area contributed by atoms with E-state index >= 15 is 0 Å². The van der Waals surface area contributed by atoms with Crippen LogP contribution in [0.25, 0.3) is 5.69 Å². The first kappa shape index (κ1) is 23.2. The van der Waals surface area contributed by atoms with Crippen molar-refractivity contribution in [3.8, 4) is 5.69 Å². The van der Waals surface area contributed by atoms with E-state index in [1.54, 1.807) is 55.2 Å². The highest BCUT2D eigenvalue weighted by Crippen LogP contribution is 2.27. The van der Waals surface area contributed by atoms with Gasteiger partial charge in [0.05, 0.1) is 5.69 Å². The van der Waals surface area contributed by atoms with Gasteiger partial charge in [0, 0.05) is 36.6 Å². The SMILES string of the molecule is CN(C)C(=O)c1ccc(NC(=O)COC(=O)c2nn(-c3ccc(F)cc3)c3c2CCCC3)cc1. The minimum absolute atomic E-state index is 0.143. The van der Waals surface area contributed by atoms with Gasteiger partial charge >= 0.3 is 5.97 Å². The molecule has 0 saturated carbocycles. The van der Waals surface area contributed by atoms with E-state index in [1.165, 1.54) is 17.0 Å². The van der Waals surface area contributed by atoms with Gasteiger partial charge in [0.15, 0.2) is 12.3 Å². The van der Waals surface area contributed by atoms with Crippen molar-refractivity contribution in [2.45, 2.75) is 25.7 Å². The van der Waals surface area contributed by atoms with Crippen molar-refractivity contribution in [1.29, 1.82) is 0 Å². The number of benzene rings is 2. The number of carbonyl (C=O) groups excluding carboxylic acids is 3. The van der Waals surface area contributed by atoms with Crippen molar-refractivity contribution in [3.63, 3.8) is 0 Å². The molecule has 0 bridgehead atoms. The van der Waals surface area contributed by atoms with Crippen molar-refractivity contribution < 1.29 is 23.5 Å². The Labute approximate surface area is 196 Å². The number of amides is 2. The van der Waals surface area contributed by atoms with Crippen molar-refractivity contribution in [2.24, 2.45) is 0 Å². The van der Waals surface area contributed by atoms with Gasteiger partial charge in [0.1, 0.15) is 5.82 Å². The van der Waals surface area contributed by atoms with Gasteiger partial charge in [0.2, 0.25) is 0 Å². The molecular formula is C25H25FN4O4. The smallest absolute Gasteiger partial charge is 0.359 e. The molecule has 0 unspecified atom stereocenters. The van der Waals surface area contributed by atoms with Crippen LogP contribution in [-0.4, -0.2) is 53.2 Å². The van der Waals surface area contributed by atoms with Crippen LogP contribution >= 0.6 is 0 Å². The Bertz CT molecular complexity index is 1220. The molecule has 34 heavy (non-hydrogen) atoms. The number of fused-ring (bicyclic) bond motifs is 1. The summed E-state index contributed by atoms with van der Waals surface area (Å²) in [6.07, 6.45) is 3.33. The second-order valence-electron chi connectivity index (χ2n) is 8.27. The molecule has 1 heterocycles. The van der Waals surface area contributed by atoms with Crippen molar-refractivity contribution in [2.75, 3.05) is 26.0 Å². The minimum Gasteiger partial charge on any atom is -0.451 e. The standard InChI is InChI=1S/C25H25FN4O4/c1-29(2)24(32)16-7-11-18(12-8-16)27-22(31)15-34-25(33)23-20-5-3-4-6-21(20)30(28-23)19-13-9-17(26)10-14-19/h7-14H,3-6,15H2,1-2H3,(H,27,31). The molecule has 1 N–H and O–H groups in total. The number of anilines is 1. The molecule has 0 radical (unpaired) electrons. The number of nitrogens with zero attached hydrogens (tertiary/aromatic N) is 3. The Morgan fingerprint density at radius 1 is 1.03 bits per heavy atom. The second kappa shape index (κ2) is 9.86. The Morgan fingerprint density at radius 2 is 1.71 bits per heavy atom. The zero-order valence-electron chi connectivity index (χ0n) is 19.0. The van der Waals surface area contributed by atoms with Crippen LogP contribution in [0.15, 0.2) is 48.5 Å². The summed E-state index contributed by atoms with van der Waals surface area (Å²) < 4.78 is 20.2. The molecule has 0 aliphatic heterocycles. The monoisotopic (exact) mass is 464 g/mol. The average molecular weight is 464 g/mol. The molecule has 4 rings (SSSR count). The summed E-state index contributed by atoms with van der Waals surface area (Å²) in [5.74, 6) is -1.68. The molecule has 0 fully saturated rings. The molecule has 1 aliphatic carbocycles. The van der Waals surface area contributed by atoms with Crippen LogP contribution in [0.5, 0.6) is 0 Å². The molecule has 9 heteroatoms. The fourth-order valence-corrected chi connectivity index (χ4v) is 3.91. The van der Waals surface area contributed by atoms with Gasteiger partial charge in [-0.3, -0.25) is 9.59 Å². The van der Waals surface area contributed by atoms with E-state index in [0.717, 1.165) is 30.5 Å². The van der Waals surface area contributed by atoms with Gasteiger partial charge in [-0.05, 0) is 74.2 Å². The maximum absolute atomic E-state index is 13.3. The van der Waals surface area contributed by atoms with E-state index in [4.69, 9.17) is 4.74 Å². The summed E-state index contributed by atoms with van der Waals surface area (Å²) in [5.41, 5.74) is 3.53. The molecule has 0 spiro atoms. The number of nitrogens with one attached hydrogen (secondary N) is 1. The van der Waals surface area contributed by atoms with Gasteiger partial charge in [-0.2, -0.15) is 5.10 Å². The van der Waals surface area contributed by atoms with Crippen molar-refractivity contribution >= 4 is 23.5 Å². The summed E-state index contributed by atoms with van der Waals surface area (Å²) in [5, 5.41) is 7.09. The predicted molar refractivity (Wildman–Crippen MR) is 124 cm³/mol. The number of esters is 1. The van der Waals surface area contributed by atoms with Crippen LogP contribution in [-0.2, 0) is 22.4 Å². The third kappa shape index (κ3) is 4.98. The largest absolute Gasteiger partial charge is 0.451 e. The van der Waals surface area contributed by atoms with Crippen LogP contribution in [0.4, 0.5) is 10.1 Å². The molecule has 176 valence electrons. The lowest BCUT2D eigenvalue weighted by molar-refractivity contribution is -0.119. The predicted octanol–water partition coefficient (Wildman–Crippen LogP) is 3.39. The normalized spacial score (nSPS) is 12.6. The van der Waals surface area contributed by atoms with E-state index in [1.807, 2.05) is 0 Å². The second-order valence-corrected chi connectivity index (χ2v) is 8.27. The quantitative estimate of drug-likeness (QED) is 0.565. The van der Waals surface area contributed by atoms with Crippen LogP contribution in [0.3, 0.4) is 0 Å². The lowest BCUT2D eigenvalue weighted by Gasteiger charge is -2.14. The zero-order valence-corrected chi connectivity index (χ0v) is 19.0. The maximum atomic E-state index is 13.3. The van der Waals surface area contributed by atoms with E-state index in [-0.39, 0.29) is 17.4 Å². The maximum Gasteiger partial charge on any atom is 0.359 e. The first-order valence-corrected chi connectivity index (χ1v) is 11.0. The van der Waals surface area contributed by atoms with Crippen LogP contribution < -0.4 is 5.32 Å². The third-order valence-corrected chi connectivity index (χ3v) is 5.60. The number of aromatic nitrogens is 2. The van der Waals surface area contributed by atoms with Gasteiger partial charge in [-0.1, -0.05) is 0 Å². The lowest BCUT2D eigenvalue weighted by atomic mass is 9.95. The Hall–Kier alpha value is -4.01. The van der Waals surface area contributed by atoms with Gasteiger partial charge in [-0.15, -0.1) is 0 Å². The number of carbonyl (C=O) groups is 3. The van der Waals surface area contributed by atoms with Gasteiger partial charge in [0.25, 0.3) is 11.8 Å². The van der Waals surface area contributed by atoms with E-state index in [9.17, 15) is 18.8 Å². The lowest BCUT2D eigenvalue weighted by Crippen LogP contribution is -2.22. The summed E-state index contributed by atoms with van der Waals surface area (Å²) in [6.45, 7) is -0.477. The summed E-state index contributed by atoms with van der Waals surface area (Å²) in [4.78, 5) is 38.5. The van der Waals surface area contributed by atoms with Crippen LogP contribution in [0.1, 0.15) is 44.9 Å². The fraction of sp³-hybridized carbons (Fsp3) is 0.280. The molecule has 8 nitrogen and oxygen atoms in total. The number of hydrogen-bond acceptors (Lipinski definition) is 5. The molecule has 2 amide bonds. The van der Waals surface area contributed by atoms with Gasteiger partial charge < -0.3 is 15.0 Å². The Kier molecular flexibility index (Phi) is 6.72. The highest BCUT2D eigenvalue weighted by Gasteiger charge is 2.27. The van der Waals surface area contributed by atoms with Gasteiger partial charge in [-0.25, -0.2) is 13.9 Å². The summed E-state index contributed by atoms with van der Waals surface area (Å²) >= 11 is 0.